The molecule has 0 saturated carbocycles. The van der Waals surface area contributed by atoms with E-state index in [1.807, 2.05) is 0 Å². The van der Waals surface area contributed by atoms with Gasteiger partial charge in [0.2, 0.25) is 5.91 Å². The number of piperidine rings is 1. The van der Waals surface area contributed by atoms with E-state index >= 15 is 0 Å². The number of rotatable bonds is 4. The molecule has 3 saturated heterocycles. The van der Waals surface area contributed by atoms with Crippen molar-refractivity contribution < 1.29 is 47.7 Å². The summed E-state index contributed by atoms with van der Waals surface area (Å²) in [5.41, 5.74) is -2.82. The third-order valence-corrected chi connectivity index (χ3v) is 5.85. The predicted molar refractivity (Wildman–Crippen MR) is 124 cm³/mol. The number of carbonyl (C=O) groups is 5. The molecule has 2 unspecified atom stereocenters. The van der Waals surface area contributed by atoms with Crippen molar-refractivity contribution in [2.45, 2.75) is 63.3 Å². The number of ether oxygens (including phenoxy) is 5. The molecule has 13 nitrogen and oxygen atoms in total. The smallest absolute Gasteiger partial charge is 0.410 e. The second kappa shape index (κ2) is 12.5. The molecule has 0 radical (unpaired) electrons. The van der Waals surface area contributed by atoms with Crippen LogP contribution in [0.1, 0.15) is 46.5 Å². The quantitative estimate of drug-likeness (QED) is 0.292. The first-order chi connectivity index (χ1) is 16.9. The SMILES string of the molecule is COC(=O)CCC1(C(=O)OC)CN(C(=O)OC(C)(C)C)CCO1.O=C1CCC2(CNCCO2)C(=O)N1. The number of nitrogens with one attached hydrogen (secondary N) is 2. The van der Waals surface area contributed by atoms with Crippen molar-refractivity contribution in [1.29, 1.82) is 0 Å². The molecule has 3 amide bonds. The van der Waals surface area contributed by atoms with Gasteiger partial charge in [-0.3, -0.25) is 19.7 Å². The molecule has 3 fully saturated rings. The van der Waals surface area contributed by atoms with Gasteiger partial charge in [0.25, 0.3) is 5.91 Å². The maximum absolute atomic E-state index is 12.2. The lowest BCUT2D eigenvalue weighted by atomic mass is 9.91. The van der Waals surface area contributed by atoms with Crippen LogP contribution in [0, 0.1) is 0 Å². The van der Waals surface area contributed by atoms with Gasteiger partial charge >= 0.3 is 18.0 Å². The Hall–Kier alpha value is -2.77. The molecule has 13 heteroatoms. The van der Waals surface area contributed by atoms with Gasteiger partial charge in [-0.1, -0.05) is 0 Å². The van der Waals surface area contributed by atoms with Gasteiger partial charge in [0.1, 0.15) is 5.60 Å². The minimum Gasteiger partial charge on any atom is -0.469 e. The fourth-order valence-electron chi connectivity index (χ4n) is 3.93. The lowest BCUT2D eigenvalue weighted by Gasteiger charge is -2.40. The maximum Gasteiger partial charge on any atom is 0.410 e. The zero-order valence-electron chi connectivity index (χ0n) is 21.6. The van der Waals surface area contributed by atoms with Crippen molar-refractivity contribution in [3.8, 4) is 0 Å². The van der Waals surface area contributed by atoms with Gasteiger partial charge < -0.3 is 33.9 Å². The Labute approximate surface area is 210 Å². The van der Waals surface area contributed by atoms with Gasteiger partial charge in [-0.2, -0.15) is 0 Å². The summed E-state index contributed by atoms with van der Waals surface area (Å²) in [6.45, 7) is 7.49. The van der Waals surface area contributed by atoms with Gasteiger partial charge in [-0.05, 0) is 33.6 Å². The average Bonchev–Trinajstić information content (AvgIpc) is 2.84. The molecule has 3 aliphatic heterocycles. The van der Waals surface area contributed by atoms with E-state index in [9.17, 15) is 24.0 Å². The summed E-state index contributed by atoms with van der Waals surface area (Å²) in [6.07, 6.45) is 0.365. The van der Waals surface area contributed by atoms with Gasteiger partial charge in [0.15, 0.2) is 11.2 Å². The molecule has 36 heavy (non-hydrogen) atoms. The first-order valence-electron chi connectivity index (χ1n) is 11.8. The highest BCUT2D eigenvalue weighted by Gasteiger charge is 2.47. The van der Waals surface area contributed by atoms with Gasteiger partial charge in [-0.25, -0.2) is 9.59 Å². The van der Waals surface area contributed by atoms with Crippen LogP contribution >= 0.6 is 0 Å². The number of carbonyl (C=O) groups excluding carboxylic acids is 5. The summed E-state index contributed by atoms with van der Waals surface area (Å²) in [5, 5.41) is 5.39. The first-order valence-corrected chi connectivity index (χ1v) is 11.8. The molecule has 3 heterocycles. The molecular formula is C23H37N3O10. The molecule has 0 bridgehead atoms. The van der Waals surface area contributed by atoms with Crippen LogP contribution in [-0.2, 0) is 42.9 Å². The lowest BCUT2D eigenvalue weighted by molar-refractivity contribution is -0.182. The summed E-state index contributed by atoms with van der Waals surface area (Å²) in [7, 11) is 2.50. The number of esters is 2. The van der Waals surface area contributed by atoms with E-state index in [1.165, 1.54) is 19.1 Å². The molecule has 2 N–H and O–H groups in total. The Morgan fingerprint density at radius 3 is 2.36 bits per heavy atom. The van der Waals surface area contributed by atoms with E-state index in [2.05, 4.69) is 15.4 Å². The van der Waals surface area contributed by atoms with E-state index < -0.39 is 34.8 Å². The number of methoxy groups -OCH3 is 2. The molecular weight excluding hydrogens is 478 g/mol. The number of morpholine rings is 2. The molecule has 2 atom stereocenters. The molecule has 1 spiro atoms. The lowest BCUT2D eigenvalue weighted by Crippen LogP contribution is -2.62. The Kier molecular flexibility index (Phi) is 10.2. The summed E-state index contributed by atoms with van der Waals surface area (Å²) in [6, 6.07) is 0. The van der Waals surface area contributed by atoms with Crippen LogP contribution in [0.5, 0.6) is 0 Å². The Balaban J connectivity index is 0.000000293. The molecule has 0 aliphatic carbocycles. The van der Waals surface area contributed by atoms with E-state index in [4.69, 9.17) is 18.9 Å². The van der Waals surface area contributed by atoms with Crippen LogP contribution in [0.4, 0.5) is 4.79 Å². The maximum atomic E-state index is 12.2. The van der Waals surface area contributed by atoms with Crippen molar-refractivity contribution in [2.24, 2.45) is 0 Å². The van der Waals surface area contributed by atoms with Crippen molar-refractivity contribution in [3.63, 3.8) is 0 Å². The number of hydrogen-bond donors (Lipinski definition) is 2. The highest BCUT2D eigenvalue weighted by molar-refractivity contribution is 6.02. The molecule has 0 aromatic rings. The minimum atomic E-state index is -1.39. The summed E-state index contributed by atoms with van der Waals surface area (Å²) < 4.78 is 25.7. The van der Waals surface area contributed by atoms with Gasteiger partial charge in [0, 0.05) is 32.5 Å². The molecule has 204 valence electrons. The van der Waals surface area contributed by atoms with Crippen LogP contribution < -0.4 is 10.6 Å². The van der Waals surface area contributed by atoms with Crippen molar-refractivity contribution in [2.75, 3.05) is 53.6 Å². The van der Waals surface area contributed by atoms with Crippen LogP contribution in [0.15, 0.2) is 0 Å². The second-order valence-electron chi connectivity index (χ2n) is 9.71. The monoisotopic (exact) mass is 515 g/mol. The average molecular weight is 516 g/mol. The number of nitrogens with zero attached hydrogens (tertiary/aromatic N) is 1. The Morgan fingerprint density at radius 1 is 1.08 bits per heavy atom. The highest BCUT2D eigenvalue weighted by Crippen LogP contribution is 2.27. The topological polar surface area (TPSA) is 159 Å². The zero-order chi connectivity index (χ0) is 27.0. The van der Waals surface area contributed by atoms with Crippen molar-refractivity contribution in [3.05, 3.63) is 0 Å². The fraction of sp³-hybridized carbons (Fsp3) is 0.783. The molecule has 3 aliphatic rings. The first kappa shape index (κ1) is 29.5. The highest BCUT2D eigenvalue weighted by atomic mass is 16.6. The van der Waals surface area contributed by atoms with Crippen molar-refractivity contribution in [1.82, 2.24) is 15.5 Å². The van der Waals surface area contributed by atoms with Crippen molar-refractivity contribution >= 4 is 29.8 Å². The van der Waals surface area contributed by atoms with Crippen LogP contribution in [0.3, 0.4) is 0 Å². The molecule has 3 rings (SSSR count). The molecule has 0 aromatic heterocycles. The van der Waals surface area contributed by atoms with E-state index in [0.717, 1.165) is 6.54 Å². The summed E-state index contributed by atoms with van der Waals surface area (Å²) in [5.74, 6) is -1.60. The van der Waals surface area contributed by atoms with Crippen LogP contribution in [-0.4, -0.2) is 105 Å². The summed E-state index contributed by atoms with van der Waals surface area (Å²) >= 11 is 0. The van der Waals surface area contributed by atoms with E-state index in [-0.39, 0.29) is 37.8 Å². The number of hydrogen-bond acceptors (Lipinski definition) is 11. The van der Waals surface area contributed by atoms with E-state index in [1.54, 1.807) is 20.8 Å². The largest absolute Gasteiger partial charge is 0.469 e. The van der Waals surface area contributed by atoms with Crippen LogP contribution in [0.2, 0.25) is 0 Å². The predicted octanol–water partition coefficient (Wildman–Crippen LogP) is -0.0997. The standard InChI is InChI=1S/C15H25NO7.C8H12N2O3/c1-14(2,3)23-13(19)16-8-9-22-15(10-16,12(18)21-5)7-6-11(17)20-4;11-6-1-2-8(7(12)10-6)5-9-3-4-13-8/h6-10H2,1-5H3;9H,1-5H2,(H,10,11,12). The van der Waals surface area contributed by atoms with Gasteiger partial charge in [-0.15, -0.1) is 0 Å². The Bertz CT molecular complexity index is 834. The number of imide groups is 1. The Morgan fingerprint density at radius 2 is 1.81 bits per heavy atom. The summed E-state index contributed by atoms with van der Waals surface area (Å²) in [4.78, 5) is 59.5. The van der Waals surface area contributed by atoms with Gasteiger partial charge in [0.05, 0.1) is 34.0 Å². The minimum absolute atomic E-state index is 0.0201. The normalized spacial score (nSPS) is 26.3. The molecule has 0 aromatic carbocycles. The zero-order valence-corrected chi connectivity index (χ0v) is 21.6. The second-order valence-corrected chi connectivity index (χ2v) is 9.71. The fourth-order valence-corrected chi connectivity index (χ4v) is 3.93. The van der Waals surface area contributed by atoms with Crippen LogP contribution in [0.25, 0.3) is 0 Å². The number of amides is 3. The van der Waals surface area contributed by atoms with E-state index in [0.29, 0.717) is 32.5 Å². The third kappa shape index (κ3) is 7.87. The third-order valence-electron chi connectivity index (χ3n) is 5.85.